The van der Waals surface area contributed by atoms with Crippen LogP contribution in [0.2, 0.25) is 0 Å². The molecule has 3 N–H and O–H groups in total. The lowest BCUT2D eigenvalue weighted by molar-refractivity contribution is 0.0956. The molecule has 0 fully saturated rings. The third-order valence-corrected chi connectivity index (χ3v) is 5.44. The van der Waals surface area contributed by atoms with Crippen LogP contribution < -0.4 is 5.43 Å². The number of fused-ring (bicyclic) bond motifs is 2. The Morgan fingerprint density at radius 3 is 2.56 bits per heavy atom. The highest BCUT2D eigenvalue weighted by Crippen LogP contribution is 2.30. The Labute approximate surface area is 184 Å². The third kappa shape index (κ3) is 3.48. The molecule has 1 amide bonds. The van der Waals surface area contributed by atoms with Crippen molar-refractivity contribution in [3.63, 3.8) is 0 Å². The molecular formula is C26H20N4O2. The van der Waals surface area contributed by atoms with Crippen molar-refractivity contribution >= 4 is 33.9 Å². The second kappa shape index (κ2) is 8.00. The van der Waals surface area contributed by atoms with Gasteiger partial charge in [0, 0.05) is 33.1 Å². The number of phenolic OH excluding ortho intramolecular Hbond substituents is 1. The number of benzene rings is 3. The normalized spacial score (nSPS) is 11.4. The topological polar surface area (TPSA) is 90.4 Å². The lowest BCUT2D eigenvalue weighted by atomic mass is 10.0. The van der Waals surface area contributed by atoms with Crippen LogP contribution in [-0.4, -0.2) is 27.2 Å². The summed E-state index contributed by atoms with van der Waals surface area (Å²) in [7, 11) is 0. The zero-order valence-corrected chi connectivity index (χ0v) is 17.3. The van der Waals surface area contributed by atoms with E-state index in [1.54, 1.807) is 30.5 Å². The fraction of sp³-hybridized carbons (Fsp3) is 0.0385. The van der Waals surface area contributed by atoms with Crippen LogP contribution in [0.4, 0.5) is 0 Å². The highest BCUT2D eigenvalue weighted by molar-refractivity contribution is 6.08. The minimum Gasteiger partial charge on any atom is -0.507 e. The molecule has 156 valence electrons. The number of aromatic amines is 1. The monoisotopic (exact) mass is 420 g/mol. The van der Waals surface area contributed by atoms with Crippen molar-refractivity contribution < 1.29 is 9.90 Å². The van der Waals surface area contributed by atoms with Crippen molar-refractivity contribution in [2.75, 3.05) is 0 Å². The Kier molecular flexibility index (Phi) is 4.88. The molecule has 32 heavy (non-hydrogen) atoms. The SMILES string of the molecule is Cc1[nH]c2ccccc2c1/C=N\NC(=O)c1cc(-c2ccccc2O)nc2ccccc12. The lowest BCUT2D eigenvalue weighted by Gasteiger charge is -2.10. The number of carbonyl (C=O) groups excluding carboxylic acids is 1. The summed E-state index contributed by atoms with van der Waals surface area (Å²) in [5.41, 5.74) is 7.73. The Balaban J connectivity index is 1.51. The first-order valence-electron chi connectivity index (χ1n) is 10.2. The molecule has 0 unspecified atom stereocenters. The van der Waals surface area contributed by atoms with Gasteiger partial charge in [0.25, 0.3) is 5.91 Å². The van der Waals surface area contributed by atoms with E-state index in [0.717, 1.165) is 22.2 Å². The van der Waals surface area contributed by atoms with Gasteiger partial charge >= 0.3 is 0 Å². The summed E-state index contributed by atoms with van der Waals surface area (Å²) in [6.45, 7) is 1.97. The first-order chi connectivity index (χ1) is 15.6. The van der Waals surface area contributed by atoms with E-state index in [2.05, 4.69) is 20.5 Å². The van der Waals surface area contributed by atoms with E-state index in [-0.39, 0.29) is 11.7 Å². The molecule has 0 bridgehead atoms. The quantitative estimate of drug-likeness (QED) is 0.277. The van der Waals surface area contributed by atoms with Crippen molar-refractivity contribution in [2.24, 2.45) is 5.10 Å². The molecule has 5 aromatic rings. The molecule has 0 spiro atoms. The molecular weight excluding hydrogens is 400 g/mol. The molecule has 3 aromatic carbocycles. The molecule has 0 saturated heterocycles. The van der Waals surface area contributed by atoms with Gasteiger partial charge in [-0.25, -0.2) is 10.4 Å². The van der Waals surface area contributed by atoms with E-state index in [1.165, 1.54) is 0 Å². The van der Waals surface area contributed by atoms with Gasteiger partial charge in [-0.15, -0.1) is 0 Å². The average molecular weight is 420 g/mol. The number of hydrazone groups is 1. The first kappa shape index (κ1) is 19.5. The Bertz CT molecular complexity index is 1500. The van der Waals surface area contributed by atoms with Crippen LogP contribution in [-0.2, 0) is 0 Å². The van der Waals surface area contributed by atoms with Gasteiger partial charge < -0.3 is 10.1 Å². The zero-order valence-electron chi connectivity index (χ0n) is 17.3. The fourth-order valence-electron chi connectivity index (χ4n) is 3.87. The van der Waals surface area contributed by atoms with Crippen LogP contribution in [0.5, 0.6) is 5.75 Å². The van der Waals surface area contributed by atoms with Gasteiger partial charge in [-0.3, -0.25) is 4.79 Å². The second-order valence-electron chi connectivity index (χ2n) is 7.50. The Morgan fingerprint density at radius 2 is 1.72 bits per heavy atom. The van der Waals surface area contributed by atoms with Crippen molar-refractivity contribution in [1.29, 1.82) is 0 Å². The van der Waals surface area contributed by atoms with E-state index in [0.29, 0.717) is 27.7 Å². The molecule has 0 atom stereocenters. The zero-order chi connectivity index (χ0) is 22.1. The number of para-hydroxylation sites is 3. The summed E-state index contributed by atoms with van der Waals surface area (Å²) in [5, 5.41) is 16.2. The van der Waals surface area contributed by atoms with Gasteiger partial charge in [0.15, 0.2) is 0 Å². The molecule has 2 heterocycles. The van der Waals surface area contributed by atoms with Crippen molar-refractivity contribution in [2.45, 2.75) is 6.92 Å². The number of aromatic nitrogens is 2. The van der Waals surface area contributed by atoms with Gasteiger partial charge in [0.1, 0.15) is 5.75 Å². The van der Waals surface area contributed by atoms with Gasteiger partial charge in [-0.2, -0.15) is 5.10 Å². The van der Waals surface area contributed by atoms with Crippen LogP contribution in [0.25, 0.3) is 33.1 Å². The molecule has 0 aliphatic carbocycles. The highest BCUT2D eigenvalue weighted by Gasteiger charge is 2.15. The molecule has 0 aliphatic heterocycles. The number of phenols is 1. The number of rotatable bonds is 4. The number of aryl methyl sites for hydroxylation is 1. The van der Waals surface area contributed by atoms with Gasteiger partial charge in [0.2, 0.25) is 0 Å². The summed E-state index contributed by atoms with van der Waals surface area (Å²) in [6.07, 6.45) is 1.65. The van der Waals surface area contributed by atoms with Crippen LogP contribution in [0.1, 0.15) is 21.6 Å². The minimum atomic E-state index is -0.353. The minimum absolute atomic E-state index is 0.106. The van der Waals surface area contributed by atoms with Crippen LogP contribution in [0, 0.1) is 6.92 Å². The average Bonchev–Trinajstić information content (AvgIpc) is 3.13. The number of aromatic hydroxyl groups is 1. The summed E-state index contributed by atoms with van der Waals surface area (Å²) >= 11 is 0. The number of pyridine rings is 1. The molecule has 6 heteroatoms. The second-order valence-corrected chi connectivity index (χ2v) is 7.50. The number of amides is 1. The highest BCUT2D eigenvalue weighted by atomic mass is 16.3. The van der Waals surface area contributed by atoms with Crippen molar-refractivity contribution in [1.82, 2.24) is 15.4 Å². The number of carbonyl (C=O) groups is 1. The number of nitrogens with zero attached hydrogens (tertiary/aromatic N) is 2. The third-order valence-electron chi connectivity index (χ3n) is 5.44. The number of H-pyrrole nitrogens is 1. The van der Waals surface area contributed by atoms with Gasteiger partial charge in [-0.1, -0.05) is 48.5 Å². The molecule has 6 nitrogen and oxygen atoms in total. The maximum absolute atomic E-state index is 13.1. The van der Waals surface area contributed by atoms with E-state index in [9.17, 15) is 9.90 Å². The molecule has 0 saturated carbocycles. The molecule has 2 aromatic heterocycles. The lowest BCUT2D eigenvalue weighted by Crippen LogP contribution is -2.18. The smallest absolute Gasteiger partial charge is 0.272 e. The number of nitrogens with one attached hydrogen (secondary N) is 2. The summed E-state index contributed by atoms with van der Waals surface area (Å²) in [5.74, 6) is -0.247. The number of hydrogen-bond acceptors (Lipinski definition) is 4. The van der Waals surface area contributed by atoms with Gasteiger partial charge in [-0.05, 0) is 37.3 Å². The van der Waals surface area contributed by atoms with Crippen molar-refractivity contribution in [3.8, 4) is 17.0 Å². The van der Waals surface area contributed by atoms with Crippen LogP contribution >= 0.6 is 0 Å². The maximum Gasteiger partial charge on any atom is 0.272 e. The van der Waals surface area contributed by atoms with Crippen molar-refractivity contribution in [3.05, 3.63) is 95.7 Å². The predicted octanol–water partition coefficient (Wildman–Crippen LogP) is 5.16. The largest absolute Gasteiger partial charge is 0.507 e. The molecule has 5 rings (SSSR count). The summed E-state index contributed by atoms with van der Waals surface area (Å²) in [4.78, 5) is 21.0. The Morgan fingerprint density at radius 1 is 1.00 bits per heavy atom. The van der Waals surface area contributed by atoms with Crippen LogP contribution in [0.15, 0.2) is 84.0 Å². The van der Waals surface area contributed by atoms with Crippen LogP contribution in [0.3, 0.4) is 0 Å². The van der Waals surface area contributed by atoms with E-state index in [4.69, 9.17) is 0 Å². The van der Waals surface area contributed by atoms with E-state index < -0.39 is 0 Å². The molecule has 0 aliphatic rings. The predicted molar refractivity (Wildman–Crippen MR) is 127 cm³/mol. The maximum atomic E-state index is 13.1. The fourth-order valence-corrected chi connectivity index (χ4v) is 3.87. The number of hydrogen-bond donors (Lipinski definition) is 3. The summed E-state index contributed by atoms with van der Waals surface area (Å²) < 4.78 is 0. The van der Waals surface area contributed by atoms with Gasteiger partial charge in [0.05, 0.1) is 23.0 Å². The summed E-state index contributed by atoms with van der Waals surface area (Å²) in [6, 6.07) is 24.0. The first-order valence-corrected chi connectivity index (χ1v) is 10.2. The van der Waals surface area contributed by atoms with E-state index >= 15 is 0 Å². The molecule has 0 radical (unpaired) electrons. The standard InChI is InChI=1S/C26H20N4O2/c1-16-21(18-9-3-5-11-22(18)28-16)15-27-30-26(32)20-14-24(19-10-4-7-13-25(19)31)29-23-12-6-2-8-17(20)23/h2-15,28,31H,1H3,(H,30,32)/b27-15-. The van der Waals surface area contributed by atoms with E-state index in [1.807, 2.05) is 61.5 Å². The Hall–Kier alpha value is -4.45.